The summed E-state index contributed by atoms with van der Waals surface area (Å²) >= 11 is 0. The number of rotatable bonds is 12. The van der Waals surface area contributed by atoms with Crippen LogP contribution in [0.1, 0.15) is 36.1 Å². The van der Waals surface area contributed by atoms with Gasteiger partial charge in [-0.2, -0.15) is 26.3 Å². The number of ether oxygens (including phenoxy) is 2. The molecule has 0 amide bonds. The summed E-state index contributed by atoms with van der Waals surface area (Å²) in [4.78, 5) is 62.6. The number of benzene rings is 4. The fourth-order valence-electron chi connectivity index (χ4n) is 4.93. The molecule has 0 saturated heterocycles. The Balaban J connectivity index is 1.83. The van der Waals surface area contributed by atoms with Crippen molar-refractivity contribution in [2.24, 2.45) is 0 Å². The Labute approximate surface area is 298 Å². The second-order valence-corrected chi connectivity index (χ2v) is 11.4. The molecular weight excluding hydrogens is 770 g/mol. The molecule has 0 aromatic heterocycles. The van der Waals surface area contributed by atoms with Gasteiger partial charge in [0.1, 0.15) is 0 Å². The third kappa shape index (κ3) is 8.10. The summed E-state index contributed by atoms with van der Waals surface area (Å²) in [6.07, 6.45) is -10.6. The van der Waals surface area contributed by atoms with E-state index in [9.17, 15) is 87.0 Å². The van der Waals surface area contributed by atoms with Gasteiger partial charge in [-0.1, -0.05) is 26.0 Å². The van der Waals surface area contributed by atoms with Gasteiger partial charge in [0.2, 0.25) is 11.5 Å². The van der Waals surface area contributed by atoms with Crippen LogP contribution in [0.25, 0.3) is 0 Å². The van der Waals surface area contributed by atoms with Gasteiger partial charge in [0, 0.05) is 41.8 Å². The molecule has 0 unspecified atom stereocenters. The highest BCUT2D eigenvalue weighted by atomic mass is 19.4. The first-order chi connectivity index (χ1) is 25.2. The molecule has 0 atom stereocenters. The minimum absolute atomic E-state index is 0.0834. The van der Waals surface area contributed by atoms with Crippen molar-refractivity contribution >= 4 is 34.1 Å². The predicted octanol–water partition coefficient (Wildman–Crippen LogP) is 9.08. The monoisotopic (exact) mass is 786 g/mol. The van der Waals surface area contributed by atoms with Crippen LogP contribution in [0, 0.1) is 60.7 Å². The summed E-state index contributed by atoms with van der Waals surface area (Å²) < 4.78 is 90.2. The number of halogens is 6. The van der Waals surface area contributed by atoms with Crippen molar-refractivity contribution in [2.75, 3.05) is 0 Å². The van der Waals surface area contributed by atoms with Crippen LogP contribution in [-0.2, 0) is 17.8 Å². The topological polar surface area (TPSA) is 277 Å². The van der Waals surface area contributed by atoms with E-state index in [1.54, 1.807) is 0 Å². The fourth-order valence-corrected chi connectivity index (χ4v) is 4.93. The summed E-state index contributed by atoms with van der Waals surface area (Å²) in [7, 11) is 0. The lowest BCUT2D eigenvalue weighted by atomic mass is 9.77. The average Bonchev–Trinajstić information content (AvgIpc) is 3.06. The molecule has 0 heterocycles. The normalized spacial score (nSPS) is 11.8. The number of nitrogens with zero attached hydrogens (tertiary/aromatic N) is 6. The van der Waals surface area contributed by atoms with Gasteiger partial charge in [0.15, 0.2) is 0 Å². The smallest absolute Gasteiger partial charge is 0.416 e. The Kier molecular flexibility index (Phi) is 10.3. The lowest BCUT2D eigenvalue weighted by Crippen LogP contribution is -2.19. The van der Waals surface area contributed by atoms with Gasteiger partial charge in [0.25, 0.3) is 11.5 Å². The van der Waals surface area contributed by atoms with Crippen LogP contribution in [-0.4, -0.2) is 29.5 Å². The van der Waals surface area contributed by atoms with Crippen LogP contribution < -0.4 is 9.47 Å². The van der Waals surface area contributed by atoms with E-state index >= 15 is 0 Å². The number of hydrogen-bond acceptors (Lipinski definition) is 14. The molecule has 0 radical (unpaired) electrons. The summed E-state index contributed by atoms with van der Waals surface area (Å²) in [6.45, 7) is 2.67. The number of nitro groups is 6. The highest BCUT2D eigenvalue weighted by Gasteiger charge is 2.41. The highest BCUT2D eigenvalue weighted by molar-refractivity contribution is 5.67. The van der Waals surface area contributed by atoms with Crippen molar-refractivity contribution in [2.45, 2.75) is 31.6 Å². The molecule has 20 nitrogen and oxygen atoms in total. The van der Waals surface area contributed by atoms with Gasteiger partial charge in [-0.3, -0.25) is 60.7 Å². The summed E-state index contributed by atoms with van der Waals surface area (Å²) in [5.74, 6) is -4.63. The molecule has 0 saturated carbocycles. The van der Waals surface area contributed by atoms with E-state index in [1.165, 1.54) is 13.8 Å². The third-order valence-corrected chi connectivity index (χ3v) is 7.72. The van der Waals surface area contributed by atoms with Gasteiger partial charge >= 0.3 is 46.5 Å². The molecule has 26 heteroatoms. The molecule has 55 heavy (non-hydrogen) atoms. The summed E-state index contributed by atoms with van der Waals surface area (Å²) in [6, 6.07) is 4.85. The van der Waals surface area contributed by atoms with Gasteiger partial charge < -0.3 is 9.47 Å². The van der Waals surface area contributed by atoms with Crippen molar-refractivity contribution < 1.29 is 65.4 Å². The predicted molar refractivity (Wildman–Crippen MR) is 168 cm³/mol. The van der Waals surface area contributed by atoms with E-state index in [1.807, 2.05) is 0 Å². The molecular formula is C29H16F6N6O14. The lowest BCUT2D eigenvalue weighted by Gasteiger charge is -2.26. The van der Waals surface area contributed by atoms with Crippen molar-refractivity contribution in [3.8, 4) is 23.0 Å². The Morgan fingerprint density at radius 3 is 0.873 bits per heavy atom. The summed E-state index contributed by atoms with van der Waals surface area (Å²) in [5.41, 5.74) is -13.7. The van der Waals surface area contributed by atoms with Crippen molar-refractivity contribution in [1.82, 2.24) is 0 Å². The van der Waals surface area contributed by atoms with Crippen LogP contribution in [0.4, 0.5) is 60.5 Å². The first kappa shape index (κ1) is 40.2. The molecule has 4 aromatic carbocycles. The molecule has 0 aliphatic rings. The standard InChI is InChI=1S/C29H16F6N6O14/c1-27(2,13-3-5-23(17(7-13)36(42)43)54-25-19(38(46)47)9-15(28(30,31)32)10-20(25)39(48)49)14-4-6-24(18(8-14)37(44)45)55-26-21(40(50)51)11-16(29(33,34)35)12-22(26)41(52)53/h3-12H,1-2H3. The Bertz CT molecular complexity index is 2100. The Morgan fingerprint density at radius 2 is 0.655 bits per heavy atom. The maximum absolute atomic E-state index is 13.3. The van der Waals surface area contributed by atoms with E-state index in [-0.39, 0.29) is 35.4 Å². The van der Waals surface area contributed by atoms with E-state index in [2.05, 4.69) is 0 Å². The molecule has 0 aliphatic carbocycles. The Morgan fingerprint density at radius 1 is 0.418 bits per heavy atom. The number of hydrogen-bond donors (Lipinski definition) is 0. The second-order valence-electron chi connectivity index (χ2n) is 11.4. The van der Waals surface area contributed by atoms with Gasteiger partial charge in [-0.05, 0) is 23.3 Å². The van der Waals surface area contributed by atoms with Crippen molar-refractivity contribution in [3.05, 3.63) is 144 Å². The SMILES string of the molecule is CC(C)(c1ccc(Oc2c([N+](=O)[O-])cc(C(F)(F)F)cc2[N+](=O)[O-])c([N+](=O)[O-])c1)c1ccc(Oc2c([N+](=O)[O-])cc(C(F)(F)F)cc2[N+](=O)[O-])c([N+](=O)[O-])c1. The third-order valence-electron chi connectivity index (χ3n) is 7.72. The zero-order valence-electron chi connectivity index (χ0n) is 26.9. The van der Waals surface area contributed by atoms with Gasteiger partial charge in [-0.25, -0.2) is 0 Å². The Hall–Kier alpha value is -7.54. The van der Waals surface area contributed by atoms with Gasteiger partial charge in [-0.15, -0.1) is 0 Å². The zero-order chi connectivity index (χ0) is 41.5. The molecule has 0 fully saturated rings. The zero-order valence-corrected chi connectivity index (χ0v) is 26.9. The van der Waals surface area contributed by atoms with Crippen molar-refractivity contribution in [3.63, 3.8) is 0 Å². The van der Waals surface area contributed by atoms with Crippen LogP contribution in [0.2, 0.25) is 0 Å². The average molecular weight is 786 g/mol. The minimum Gasteiger partial charge on any atom is -0.437 e. The first-order valence-corrected chi connectivity index (χ1v) is 14.3. The van der Waals surface area contributed by atoms with E-state index < -0.39 is 116 Å². The van der Waals surface area contributed by atoms with Crippen LogP contribution in [0.3, 0.4) is 0 Å². The maximum atomic E-state index is 13.3. The minimum atomic E-state index is -5.29. The largest absolute Gasteiger partial charge is 0.437 e. The molecule has 0 bridgehead atoms. The first-order valence-electron chi connectivity index (χ1n) is 14.3. The second kappa shape index (κ2) is 14.1. The summed E-state index contributed by atoms with van der Waals surface area (Å²) in [5, 5.41) is 70.6. The molecule has 0 aliphatic heterocycles. The molecule has 4 rings (SSSR count). The van der Waals surface area contributed by atoms with Crippen LogP contribution >= 0.6 is 0 Å². The van der Waals surface area contributed by atoms with Crippen molar-refractivity contribution in [1.29, 1.82) is 0 Å². The van der Waals surface area contributed by atoms with E-state index in [0.717, 1.165) is 36.4 Å². The fraction of sp³-hybridized carbons (Fsp3) is 0.172. The quantitative estimate of drug-likeness (QED) is 0.0735. The maximum Gasteiger partial charge on any atom is 0.416 e. The number of alkyl halides is 6. The molecule has 0 spiro atoms. The molecule has 0 N–H and O–H groups in total. The van der Waals surface area contributed by atoms with Gasteiger partial charge in [0.05, 0.1) is 40.7 Å². The van der Waals surface area contributed by atoms with Crippen LogP contribution in [0.15, 0.2) is 60.7 Å². The highest BCUT2D eigenvalue weighted by Crippen LogP contribution is 2.49. The lowest BCUT2D eigenvalue weighted by molar-refractivity contribution is -0.396. The molecule has 4 aromatic rings. The van der Waals surface area contributed by atoms with Crippen LogP contribution in [0.5, 0.6) is 23.0 Å². The van der Waals surface area contributed by atoms with E-state index in [0.29, 0.717) is 0 Å². The number of nitro benzene ring substituents is 6. The molecule has 288 valence electrons. The van der Waals surface area contributed by atoms with E-state index in [4.69, 9.17) is 9.47 Å².